The quantitative estimate of drug-likeness (QED) is 0.802. The lowest BCUT2D eigenvalue weighted by Gasteiger charge is -2.34. The third-order valence-corrected chi connectivity index (χ3v) is 4.50. The van der Waals surface area contributed by atoms with Crippen molar-refractivity contribution in [1.82, 2.24) is 19.4 Å². The number of hydrogen-bond acceptors (Lipinski definition) is 4. The molecule has 24 heavy (non-hydrogen) atoms. The smallest absolute Gasteiger partial charge is 0.237 e. The van der Waals surface area contributed by atoms with E-state index in [4.69, 9.17) is 4.74 Å². The summed E-state index contributed by atoms with van der Waals surface area (Å²) in [7, 11) is 3.66. The van der Waals surface area contributed by atoms with Crippen LogP contribution in [0.1, 0.15) is 11.4 Å². The third-order valence-electron chi connectivity index (χ3n) is 4.50. The summed E-state index contributed by atoms with van der Waals surface area (Å²) in [6, 6.07) is 7.89. The van der Waals surface area contributed by atoms with Crippen LogP contribution < -0.4 is 4.74 Å². The van der Waals surface area contributed by atoms with Gasteiger partial charge in [-0.15, -0.1) is 0 Å². The molecule has 6 nitrogen and oxygen atoms in total. The normalized spacial score (nSPS) is 15.8. The van der Waals surface area contributed by atoms with E-state index < -0.39 is 0 Å². The first-order chi connectivity index (χ1) is 11.7. The maximum absolute atomic E-state index is 12.4. The van der Waals surface area contributed by atoms with Crippen molar-refractivity contribution in [1.29, 1.82) is 0 Å². The largest absolute Gasteiger partial charge is 0.497 e. The van der Waals surface area contributed by atoms with Gasteiger partial charge in [-0.05, 0) is 17.7 Å². The van der Waals surface area contributed by atoms with Gasteiger partial charge in [0.1, 0.15) is 11.6 Å². The summed E-state index contributed by atoms with van der Waals surface area (Å²) in [5, 5.41) is 0. The van der Waals surface area contributed by atoms with E-state index in [9.17, 15) is 4.79 Å². The number of nitrogens with zero attached hydrogens (tertiary/aromatic N) is 4. The molecule has 0 spiro atoms. The first-order valence-electron chi connectivity index (χ1n) is 8.25. The summed E-state index contributed by atoms with van der Waals surface area (Å²) < 4.78 is 7.20. The van der Waals surface area contributed by atoms with Gasteiger partial charge in [-0.2, -0.15) is 0 Å². The topological polar surface area (TPSA) is 50.6 Å². The lowest BCUT2D eigenvalue weighted by molar-refractivity contribution is -0.136. The lowest BCUT2D eigenvalue weighted by Crippen LogP contribution is -2.50. The van der Waals surface area contributed by atoms with Crippen LogP contribution in [0.25, 0.3) is 0 Å². The van der Waals surface area contributed by atoms with E-state index >= 15 is 0 Å². The number of ether oxygens (including phenoxy) is 1. The summed E-state index contributed by atoms with van der Waals surface area (Å²) in [5.41, 5.74) is 1.13. The molecule has 128 valence electrons. The highest BCUT2D eigenvalue weighted by Gasteiger charge is 2.23. The molecule has 0 unspecified atom stereocenters. The average Bonchev–Trinajstić information content (AvgIpc) is 3.01. The molecule has 0 aliphatic carbocycles. The molecule has 1 aliphatic rings. The van der Waals surface area contributed by atoms with E-state index in [-0.39, 0.29) is 5.91 Å². The molecule has 1 amide bonds. The minimum absolute atomic E-state index is 0.192. The summed E-state index contributed by atoms with van der Waals surface area (Å²) in [5.74, 6) is 2.09. The van der Waals surface area contributed by atoms with Crippen LogP contribution in [0.15, 0.2) is 36.7 Å². The lowest BCUT2D eigenvalue weighted by atomic mass is 10.2. The summed E-state index contributed by atoms with van der Waals surface area (Å²) >= 11 is 0. The van der Waals surface area contributed by atoms with Gasteiger partial charge >= 0.3 is 0 Å². The Kier molecular flexibility index (Phi) is 5.15. The average molecular weight is 328 g/mol. The van der Waals surface area contributed by atoms with Crippen LogP contribution in [0.5, 0.6) is 5.75 Å². The van der Waals surface area contributed by atoms with Crippen molar-refractivity contribution >= 4 is 5.91 Å². The molecule has 1 aliphatic heterocycles. The van der Waals surface area contributed by atoms with Crippen molar-refractivity contribution in [3.05, 3.63) is 48.0 Å². The van der Waals surface area contributed by atoms with Crippen LogP contribution in [-0.4, -0.2) is 58.5 Å². The highest BCUT2D eigenvalue weighted by molar-refractivity contribution is 5.79. The number of benzene rings is 1. The van der Waals surface area contributed by atoms with Gasteiger partial charge < -0.3 is 14.2 Å². The summed E-state index contributed by atoms with van der Waals surface area (Å²) in [4.78, 5) is 20.9. The van der Waals surface area contributed by atoms with Crippen molar-refractivity contribution in [2.24, 2.45) is 7.05 Å². The molecule has 0 atom stereocenters. The van der Waals surface area contributed by atoms with Crippen LogP contribution in [-0.2, 0) is 24.8 Å². The minimum atomic E-state index is 0.192. The van der Waals surface area contributed by atoms with Crippen LogP contribution in [0.4, 0.5) is 0 Å². The Hall–Kier alpha value is -2.34. The molecule has 1 fully saturated rings. The summed E-state index contributed by atoms with van der Waals surface area (Å²) in [6.45, 7) is 3.70. The Morgan fingerprint density at radius 1 is 1.21 bits per heavy atom. The molecule has 6 heteroatoms. The number of aryl methyl sites for hydroxylation is 1. The van der Waals surface area contributed by atoms with Crippen LogP contribution in [0.2, 0.25) is 0 Å². The first-order valence-corrected chi connectivity index (χ1v) is 8.25. The maximum atomic E-state index is 12.4. The van der Waals surface area contributed by atoms with E-state index in [1.165, 1.54) is 0 Å². The van der Waals surface area contributed by atoms with Crippen LogP contribution >= 0.6 is 0 Å². The number of carbonyl (C=O) groups is 1. The van der Waals surface area contributed by atoms with Gasteiger partial charge in [0.15, 0.2) is 0 Å². The number of rotatable bonds is 6. The van der Waals surface area contributed by atoms with E-state index in [1.54, 1.807) is 7.11 Å². The molecular formula is C18H24N4O2. The molecule has 3 rings (SSSR count). The molecule has 1 saturated heterocycles. The Morgan fingerprint density at radius 3 is 2.62 bits per heavy atom. The van der Waals surface area contributed by atoms with Crippen LogP contribution in [0, 0.1) is 0 Å². The predicted molar refractivity (Wildman–Crippen MR) is 91.8 cm³/mol. The molecule has 0 radical (unpaired) electrons. The first kappa shape index (κ1) is 16.5. The Morgan fingerprint density at radius 2 is 2.00 bits per heavy atom. The van der Waals surface area contributed by atoms with Gasteiger partial charge in [0.25, 0.3) is 0 Å². The number of aromatic nitrogens is 2. The molecule has 2 heterocycles. The summed E-state index contributed by atoms with van der Waals surface area (Å²) in [6.07, 6.45) is 4.63. The second-order valence-corrected chi connectivity index (χ2v) is 6.14. The standard InChI is InChI=1S/C18H24N4O2/c1-20-10-8-19-17(20)7-9-21-11-12-22(18(23)14-21)13-15-3-5-16(24-2)6-4-15/h3-6,8,10H,7,9,11-14H2,1-2H3. The number of piperazine rings is 1. The fourth-order valence-corrected chi connectivity index (χ4v) is 2.96. The Balaban J connectivity index is 1.49. The fourth-order valence-electron chi connectivity index (χ4n) is 2.96. The second kappa shape index (κ2) is 7.49. The number of amides is 1. The molecule has 0 bridgehead atoms. The zero-order valence-electron chi connectivity index (χ0n) is 14.3. The second-order valence-electron chi connectivity index (χ2n) is 6.14. The number of hydrogen-bond donors (Lipinski definition) is 0. The highest BCUT2D eigenvalue weighted by atomic mass is 16.5. The van der Waals surface area contributed by atoms with Gasteiger partial charge in [0.05, 0.1) is 13.7 Å². The van der Waals surface area contributed by atoms with Crippen molar-refractivity contribution < 1.29 is 9.53 Å². The van der Waals surface area contributed by atoms with Crippen molar-refractivity contribution in [3.63, 3.8) is 0 Å². The molecule has 1 aromatic carbocycles. The molecule has 2 aromatic rings. The van der Waals surface area contributed by atoms with Gasteiger partial charge in [-0.25, -0.2) is 4.98 Å². The third kappa shape index (κ3) is 3.94. The van der Waals surface area contributed by atoms with Gasteiger partial charge in [-0.1, -0.05) is 12.1 Å². The van der Waals surface area contributed by atoms with Gasteiger partial charge in [0, 0.05) is 52.0 Å². The van der Waals surface area contributed by atoms with E-state index in [1.807, 2.05) is 53.2 Å². The molecule has 0 saturated carbocycles. The maximum Gasteiger partial charge on any atom is 0.237 e. The highest BCUT2D eigenvalue weighted by Crippen LogP contribution is 2.14. The zero-order valence-corrected chi connectivity index (χ0v) is 14.3. The fraction of sp³-hybridized carbons (Fsp3) is 0.444. The van der Waals surface area contributed by atoms with Crippen molar-refractivity contribution in [2.75, 3.05) is 33.3 Å². The van der Waals surface area contributed by atoms with E-state index in [0.717, 1.165) is 43.2 Å². The monoisotopic (exact) mass is 328 g/mol. The van der Waals surface area contributed by atoms with E-state index in [0.29, 0.717) is 13.1 Å². The SMILES string of the molecule is COc1ccc(CN2CCN(CCc3nccn3C)CC2=O)cc1. The van der Waals surface area contributed by atoms with E-state index in [2.05, 4.69) is 9.88 Å². The number of carbonyl (C=O) groups excluding carboxylic acids is 1. The number of imidazole rings is 1. The number of methoxy groups -OCH3 is 1. The Labute approximate surface area is 142 Å². The van der Waals surface area contributed by atoms with Gasteiger partial charge in [0.2, 0.25) is 5.91 Å². The molecular weight excluding hydrogens is 304 g/mol. The van der Waals surface area contributed by atoms with Crippen molar-refractivity contribution in [3.8, 4) is 5.75 Å². The minimum Gasteiger partial charge on any atom is -0.497 e. The van der Waals surface area contributed by atoms with Gasteiger partial charge in [-0.3, -0.25) is 9.69 Å². The Bertz CT molecular complexity index is 681. The predicted octanol–water partition coefficient (Wildman–Crippen LogP) is 1.32. The van der Waals surface area contributed by atoms with Crippen molar-refractivity contribution in [2.45, 2.75) is 13.0 Å². The molecule has 0 N–H and O–H groups in total. The molecule has 1 aromatic heterocycles. The zero-order chi connectivity index (χ0) is 16.9. The van der Waals surface area contributed by atoms with Crippen LogP contribution in [0.3, 0.4) is 0 Å².